The van der Waals surface area contributed by atoms with Gasteiger partial charge in [0.1, 0.15) is 11.6 Å². The minimum Gasteiger partial charge on any atom is -0.467 e. The molecule has 2 rings (SSSR count). The molecule has 0 aliphatic rings. The van der Waals surface area contributed by atoms with E-state index < -0.39 is 41.3 Å². The van der Waals surface area contributed by atoms with E-state index in [0.29, 0.717) is 5.56 Å². The Bertz CT molecular complexity index is 921. The third-order valence-corrected chi connectivity index (χ3v) is 4.24. The lowest BCUT2D eigenvalue weighted by molar-refractivity contribution is -0.150. The van der Waals surface area contributed by atoms with Gasteiger partial charge in [0.05, 0.1) is 24.4 Å². The molecule has 6 nitrogen and oxygen atoms in total. The van der Waals surface area contributed by atoms with Gasteiger partial charge in [0, 0.05) is 11.8 Å². The van der Waals surface area contributed by atoms with Crippen LogP contribution in [0, 0.1) is 11.6 Å². The monoisotopic (exact) mass is 420 g/mol. The van der Waals surface area contributed by atoms with Crippen LogP contribution in [0.5, 0.6) is 0 Å². The molecule has 0 bridgehead atoms. The van der Waals surface area contributed by atoms with Gasteiger partial charge in [-0.25, -0.2) is 13.6 Å². The highest BCUT2D eigenvalue weighted by Crippen LogP contribution is 2.26. The minimum absolute atomic E-state index is 0.0858. The van der Waals surface area contributed by atoms with Crippen molar-refractivity contribution in [2.24, 2.45) is 0 Å². The molecule has 0 aromatic heterocycles. The van der Waals surface area contributed by atoms with Crippen LogP contribution >= 0.6 is 0 Å². The second-order valence-electron chi connectivity index (χ2n) is 7.87. The third kappa shape index (κ3) is 6.00. The van der Waals surface area contributed by atoms with Crippen molar-refractivity contribution in [3.8, 4) is 11.1 Å². The van der Waals surface area contributed by atoms with Crippen LogP contribution in [0.15, 0.2) is 36.4 Å². The maximum absolute atomic E-state index is 13.5. The van der Waals surface area contributed by atoms with Crippen molar-refractivity contribution in [1.29, 1.82) is 0 Å². The molecule has 0 spiro atoms. The fraction of sp³-hybridized carbons (Fsp3) is 0.364. The number of esters is 1. The molecular weight excluding hydrogens is 394 g/mol. The second-order valence-corrected chi connectivity index (χ2v) is 7.87. The van der Waals surface area contributed by atoms with Crippen LogP contribution in [-0.2, 0) is 14.3 Å². The standard InChI is InChI=1S/C22H26F2N2O4/c1-12(30-22(2,3)4)19(21(28)29-5)26-20(27)17-7-6-13(10-18(17)25)14-8-15(23)11-16(24)9-14/h6-12,19H,25H2,1-5H3,(H,26,27)/t12?,19-/m0/s1. The van der Waals surface area contributed by atoms with Crippen molar-refractivity contribution in [1.82, 2.24) is 5.32 Å². The Hall–Kier alpha value is -3.00. The SMILES string of the molecule is COC(=O)[C@@H](NC(=O)c1ccc(-c2cc(F)cc(F)c2)cc1N)C(C)OC(C)(C)C. The number of methoxy groups -OCH3 is 1. The summed E-state index contributed by atoms with van der Waals surface area (Å²) in [6.45, 7) is 7.13. The summed E-state index contributed by atoms with van der Waals surface area (Å²) >= 11 is 0. The molecule has 30 heavy (non-hydrogen) atoms. The van der Waals surface area contributed by atoms with Gasteiger partial charge in [-0.05, 0) is 63.1 Å². The van der Waals surface area contributed by atoms with Gasteiger partial charge in [-0.1, -0.05) is 6.07 Å². The number of anilines is 1. The molecule has 162 valence electrons. The summed E-state index contributed by atoms with van der Waals surface area (Å²) in [7, 11) is 1.21. The molecule has 1 amide bonds. The molecule has 2 atom stereocenters. The van der Waals surface area contributed by atoms with Crippen molar-refractivity contribution in [3.05, 3.63) is 53.6 Å². The van der Waals surface area contributed by atoms with Crippen LogP contribution in [0.25, 0.3) is 11.1 Å². The number of nitrogens with two attached hydrogens (primary N) is 1. The zero-order valence-corrected chi connectivity index (χ0v) is 17.6. The smallest absolute Gasteiger partial charge is 0.331 e. The summed E-state index contributed by atoms with van der Waals surface area (Å²) in [5.74, 6) is -2.71. The summed E-state index contributed by atoms with van der Waals surface area (Å²) in [5, 5.41) is 2.59. The zero-order valence-electron chi connectivity index (χ0n) is 17.6. The molecule has 2 aromatic carbocycles. The van der Waals surface area contributed by atoms with E-state index in [2.05, 4.69) is 5.32 Å². The maximum Gasteiger partial charge on any atom is 0.331 e. The van der Waals surface area contributed by atoms with Crippen molar-refractivity contribution < 1.29 is 27.8 Å². The fourth-order valence-electron chi connectivity index (χ4n) is 3.01. The van der Waals surface area contributed by atoms with Gasteiger partial charge in [0.2, 0.25) is 0 Å². The molecule has 0 aliphatic heterocycles. The molecular formula is C22H26F2N2O4. The topological polar surface area (TPSA) is 90.7 Å². The number of amides is 1. The summed E-state index contributed by atoms with van der Waals surface area (Å²) in [6.07, 6.45) is -0.669. The zero-order chi connectivity index (χ0) is 22.6. The average Bonchev–Trinajstić information content (AvgIpc) is 2.62. The Labute approximate surface area is 174 Å². The van der Waals surface area contributed by atoms with Gasteiger partial charge in [0.15, 0.2) is 6.04 Å². The first kappa shape index (κ1) is 23.3. The van der Waals surface area contributed by atoms with E-state index in [-0.39, 0.29) is 16.8 Å². The number of halogens is 2. The number of nitrogens with one attached hydrogen (secondary N) is 1. The Morgan fingerprint density at radius 2 is 1.63 bits per heavy atom. The van der Waals surface area contributed by atoms with E-state index in [1.54, 1.807) is 6.92 Å². The first-order chi connectivity index (χ1) is 13.9. The largest absolute Gasteiger partial charge is 0.467 e. The first-order valence-electron chi connectivity index (χ1n) is 9.34. The van der Waals surface area contributed by atoms with E-state index in [4.69, 9.17) is 15.2 Å². The fourth-order valence-corrected chi connectivity index (χ4v) is 3.01. The number of hydrogen-bond donors (Lipinski definition) is 2. The predicted molar refractivity (Wildman–Crippen MR) is 110 cm³/mol. The lowest BCUT2D eigenvalue weighted by Gasteiger charge is -2.30. The number of benzene rings is 2. The van der Waals surface area contributed by atoms with Gasteiger partial charge in [0.25, 0.3) is 5.91 Å². The first-order valence-corrected chi connectivity index (χ1v) is 9.34. The average molecular weight is 420 g/mol. The molecule has 0 heterocycles. The van der Waals surface area contributed by atoms with Crippen LogP contribution in [0.3, 0.4) is 0 Å². The van der Waals surface area contributed by atoms with E-state index in [1.165, 1.54) is 25.3 Å². The molecule has 0 fully saturated rings. The van der Waals surface area contributed by atoms with Crippen molar-refractivity contribution in [3.63, 3.8) is 0 Å². The van der Waals surface area contributed by atoms with E-state index in [0.717, 1.165) is 18.2 Å². The lowest BCUT2D eigenvalue weighted by atomic mass is 10.0. The van der Waals surface area contributed by atoms with Crippen LogP contribution in [0.2, 0.25) is 0 Å². The molecule has 0 saturated heterocycles. The second kappa shape index (κ2) is 9.21. The molecule has 1 unspecified atom stereocenters. The van der Waals surface area contributed by atoms with Gasteiger partial charge < -0.3 is 20.5 Å². The number of rotatable bonds is 6. The number of carbonyl (C=O) groups excluding carboxylic acids is 2. The number of hydrogen-bond acceptors (Lipinski definition) is 5. The van der Waals surface area contributed by atoms with E-state index in [9.17, 15) is 18.4 Å². The molecule has 2 aromatic rings. The lowest BCUT2D eigenvalue weighted by Crippen LogP contribution is -2.51. The molecule has 3 N–H and O–H groups in total. The predicted octanol–water partition coefficient (Wildman–Crippen LogP) is 3.69. The maximum atomic E-state index is 13.5. The highest BCUT2D eigenvalue weighted by molar-refractivity contribution is 6.01. The van der Waals surface area contributed by atoms with Crippen LogP contribution in [-0.4, -0.2) is 36.7 Å². The molecule has 0 radical (unpaired) electrons. The van der Waals surface area contributed by atoms with Crippen LogP contribution in [0.1, 0.15) is 38.1 Å². The quantitative estimate of drug-likeness (QED) is 0.550. The number of carbonyl (C=O) groups is 2. The third-order valence-electron chi connectivity index (χ3n) is 4.24. The molecule has 8 heteroatoms. The van der Waals surface area contributed by atoms with E-state index in [1.807, 2.05) is 20.8 Å². The highest BCUT2D eigenvalue weighted by atomic mass is 19.1. The van der Waals surface area contributed by atoms with E-state index >= 15 is 0 Å². The van der Waals surface area contributed by atoms with Gasteiger partial charge in [-0.3, -0.25) is 4.79 Å². The summed E-state index contributed by atoms with van der Waals surface area (Å²) < 4.78 is 37.5. The Morgan fingerprint density at radius 1 is 1.03 bits per heavy atom. The van der Waals surface area contributed by atoms with Crippen molar-refractivity contribution >= 4 is 17.6 Å². The summed E-state index contributed by atoms with van der Waals surface area (Å²) in [6, 6.07) is 6.41. The normalized spacial score (nSPS) is 13.4. The van der Waals surface area contributed by atoms with Gasteiger partial charge in [-0.15, -0.1) is 0 Å². The number of ether oxygens (including phenoxy) is 2. The molecule has 0 saturated carbocycles. The van der Waals surface area contributed by atoms with Gasteiger partial charge in [-0.2, -0.15) is 0 Å². The van der Waals surface area contributed by atoms with Crippen LogP contribution < -0.4 is 11.1 Å². The highest BCUT2D eigenvalue weighted by Gasteiger charge is 2.32. The van der Waals surface area contributed by atoms with Crippen molar-refractivity contribution in [2.45, 2.75) is 45.4 Å². The van der Waals surface area contributed by atoms with Gasteiger partial charge >= 0.3 is 5.97 Å². The minimum atomic E-state index is -1.06. The summed E-state index contributed by atoms with van der Waals surface area (Å²) in [4.78, 5) is 24.9. The number of nitrogen functional groups attached to an aromatic ring is 1. The summed E-state index contributed by atoms with van der Waals surface area (Å²) in [5.41, 5.74) is 6.37. The Balaban J connectivity index is 2.27. The molecule has 0 aliphatic carbocycles. The Morgan fingerprint density at radius 3 is 2.13 bits per heavy atom. The van der Waals surface area contributed by atoms with Crippen molar-refractivity contribution in [2.75, 3.05) is 12.8 Å². The van der Waals surface area contributed by atoms with Crippen LogP contribution in [0.4, 0.5) is 14.5 Å². The Kier molecular flexibility index (Phi) is 7.15.